The summed E-state index contributed by atoms with van der Waals surface area (Å²) in [7, 11) is 1.62. The third kappa shape index (κ3) is 4.28. The summed E-state index contributed by atoms with van der Waals surface area (Å²) in [4.78, 5) is 16.9. The number of carbonyl (C=O) groups is 1. The fourth-order valence-electron chi connectivity index (χ4n) is 2.82. The number of amides is 1. The lowest BCUT2D eigenvalue weighted by atomic mass is 10.1. The SMILES string of the molecule is COc1c(C)cnc(CNC(=O)c2occc2COc2ccccc2)c1C. The number of hydrogen-bond donors (Lipinski definition) is 1. The number of benzene rings is 1. The molecule has 6 heteroatoms. The fourth-order valence-corrected chi connectivity index (χ4v) is 2.82. The number of furan rings is 1. The molecular formula is C21H22N2O4. The molecule has 0 unspecified atom stereocenters. The van der Waals surface area contributed by atoms with E-state index >= 15 is 0 Å². The quantitative estimate of drug-likeness (QED) is 0.688. The minimum Gasteiger partial charge on any atom is -0.496 e. The number of pyridine rings is 1. The molecule has 27 heavy (non-hydrogen) atoms. The van der Waals surface area contributed by atoms with Crippen LogP contribution in [-0.2, 0) is 13.2 Å². The number of nitrogens with one attached hydrogen (secondary N) is 1. The van der Waals surface area contributed by atoms with Gasteiger partial charge in [-0.15, -0.1) is 0 Å². The normalized spacial score (nSPS) is 10.5. The summed E-state index contributed by atoms with van der Waals surface area (Å²) in [6.45, 7) is 4.38. The Morgan fingerprint density at radius 3 is 2.70 bits per heavy atom. The molecule has 0 saturated heterocycles. The molecule has 1 aromatic carbocycles. The second-order valence-electron chi connectivity index (χ2n) is 6.11. The number of nitrogens with zero attached hydrogens (tertiary/aromatic N) is 1. The van der Waals surface area contributed by atoms with Crippen LogP contribution in [0.4, 0.5) is 0 Å². The van der Waals surface area contributed by atoms with Crippen LogP contribution in [0.25, 0.3) is 0 Å². The first-order valence-corrected chi connectivity index (χ1v) is 8.61. The van der Waals surface area contributed by atoms with Gasteiger partial charge in [0, 0.05) is 22.9 Å². The first-order valence-electron chi connectivity index (χ1n) is 8.61. The van der Waals surface area contributed by atoms with E-state index in [0.29, 0.717) is 5.56 Å². The lowest BCUT2D eigenvalue weighted by Crippen LogP contribution is -2.24. The molecule has 0 atom stereocenters. The van der Waals surface area contributed by atoms with E-state index in [1.807, 2.05) is 44.2 Å². The van der Waals surface area contributed by atoms with Crippen LogP contribution in [-0.4, -0.2) is 18.0 Å². The maximum Gasteiger partial charge on any atom is 0.287 e. The molecule has 1 amide bonds. The van der Waals surface area contributed by atoms with Crippen molar-refractivity contribution in [1.29, 1.82) is 0 Å². The highest BCUT2D eigenvalue weighted by Crippen LogP contribution is 2.24. The molecule has 0 aliphatic heterocycles. The molecule has 2 aromatic heterocycles. The maximum atomic E-state index is 12.5. The van der Waals surface area contributed by atoms with Gasteiger partial charge >= 0.3 is 0 Å². The minimum absolute atomic E-state index is 0.239. The van der Waals surface area contributed by atoms with Crippen molar-refractivity contribution in [1.82, 2.24) is 10.3 Å². The second-order valence-corrected chi connectivity index (χ2v) is 6.11. The molecule has 3 rings (SSSR count). The van der Waals surface area contributed by atoms with Crippen molar-refractivity contribution in [3.05, 3.63) is 77.0 Å². The number of para-hydroxylation sites is 1. The van der Waals surface area contributed by atoms with E-state index in [2.05, 4.69) is 10.3 Å². The highest BCUT2D eigenvalue weighted by molar-refractivity contribution is 5.92. The zero-order valence-electron chi connectivity index (χ0n) is 15.6. The highest BCUT2D eigenvalue weighted by atomic mass is 16.5. The lowest BCUT2D eigenvalue weighted by Gasteiger charge is -2.12. The Morgan fingerprint density at radius 1 is 1.19 bits per heavy atom. The molecule has 6 nitrogen and oxygen atoms in total. The highest BCUT2D eigenvalue weighted by Gasteiger charge is 2.17. The van der Waals surface area contributed by atoms with Gasteiger partial charge < -0.3 is 19.2 Å². The zero-order valence-corrected chi connectivity index (χ0v) is 15.6. The number of aromatic nitrogens is 1. The smallest absolute Gasteiger partial charge is 0.287 e. The van der Waals surface area contributed by atoms with Crippen LogP contribution in [0.2, 0.25) is 0 Å². The van der Waals surface area contributed by atoms with Crippen LogP contribution in [0.3, 0.4) is 0 Å². The number of methoxy groups -OCH3 is 1. The predicted octanol–water partition coefficient (Wildman–Crippen LogP) is 3.81. The summed E-state index contributed by atoms with van der Waals surface area (Å²) in [6.07, 6.45) is 3.22. The van der Waals surface area contributed by atoms with Gasteiger partial charge in [0.15, 0.2) is 5.76 Å². The molecule has 0 fully saturated rings. The first-order chi connectivity index (χ1) is 13.1. The Labute approximate surface area is 158 Å². The second kappa shape index (κ2) is 8.40. The summed E-state index contributed by atoms with van der Waals surface area (Å²) < 4.78 is 16.5. The molecule has 0 bridgehead atoms. The van der Waals surface area contributed by atoms with Crippen LogP contribution in [0.1, 0.15) is 32.9 Å². The Hall–Kier alpha value is -3.28. The van der Waals surface area contributed by atoms with Gasteiger partial charge in [-0.3, -0.25) is 9.78 Å². The van der Waals surface area contributed by atoms with Gasteiger partial charge in [-0.05, 0) is 32.0 Å². The Kier molecular flexibility index (Phi) is 5.76. The van der Waals surface area contributed by atoms with E-state index in [9.17, 15) is 4.79 Å². The van der Waals surface area contributed by atoms with Crippen molar-refractivity contribution in [2.45, 2.75) is 27.0 Å². The molecule has 3 aromatic rings. The summed E-state index contributed by atoms with van der Waals surface area (Å²) in [6, 6.07) is 11.2. The molecule has 1 N–H and O–H groups in total. The number of ether oxygens (including phenoxy) is 2. The van der Waals surface area contributed by atoms with E-state index in [-0.39, 0.29) is 24.8 Å². The van der Waals surface area contributed by atoms with Crippen molar-refractivity contribution in [2.75, 3.05) is 7.11 Å². The Balaban J connectivity index is 1.65. The van der Waals surface area contributed by atoms with Crippen molar-refractivity contribution in [3.8, 4) is 11.5 Å². The lowest BCUT2D eigenvalue weighted by molar-refractivity contribution is 0.0919. The van der Waals surface area contributed by atoms with E-state index in [1.54, 1.807) is 19.4 Å². The predicted molar refractivity (Wildman–Crippen MR) is 101 cm³/mol. The fraction of sp³-hybridized carbons (Fsp3) is 0.238. The summed E-state index contributed by atoms with van der Waals surface area (Å²) in [5, 5.41) is 2.85. The number of hydrogen-bond acceptors (Lipinski definition) is 5. The van der Waals surface area contributed by atoms with Gasteiger partial charge in [0.05, 0.1) is 25.6 Å². The Bertz CT molecular complexity index is 919. The minimum atomic E-state index is -0.313. The zero-order chi connectivity index (χ0) is 19.2. The van der Waals surface area contributed by atoms with E-state index < -0.39 is 0 Å². The van der Waals surface area contributed by atoms with Crippen LogP contribution in [0.5, 0.6) is 11.5 Å². The van der Waals surface area contributed by atoms with Gasteiger partial charge in [-0.2, -0.15) is 0 Å². The van der Waals surface area contributed by atoms with Gasteiger partial charge in [0.1, 0.15) is 18.1 Å². The molecule has 0 aliphatic rings. The van der Waals surface area contributed by atoms with Gasteiger partial charge in [0.2, 0.25) is 0 Å². The largest absolute Gasteiger partial charge is 0.496 e. The van der Waals surface area contributed by atoms with Crippen LogP contribution in [0, 0.1) is 13.8 Å². The first kappa shape index (κ1) is 18.5. The molecule has 0 spiro atoms. The standard InChI is InChI=1S/C21H22N2O4/c1-14-11-22-18(15(2)19(14)25-3)12-23-21(24)20-16(9-10-26-20)13-27-17-7-5-4-6-8-17/h4-11H,12-13H2,1-3H3,(H,23,24). The van der Waals surface area contributed by atoms with Gasteiger partial charge in [-0.1, -0.05) is 18.2 Å². The number of aryl methyl sites for hydroxylation is 1. The van der Waals surface area contributed by atoms with E-state index in [1.165, 1.54) is 6.26 Å². The monoisotopic (exact) mass is 366 g/mol. The van der Waals surface area contributed by atoms with Gasteiger partial charge in [-0.25, -0.2) is 0 Å². The molecule has 140 valence electrons. The topological polar surface area (TPSA) is 73.6 Å². The maximum absolute atomic E-state index is 12.5. The van der Waals surface area contributed by atoms with E-state index in [0.717, 1.165) is 28.3 Å². The third-order valence-corrected chi connectivity index (χ3v) is 4.26. The van der Waals surface area contributed by atoms with E-state index in [4.69, 9.17) is 13.9 Å². The van der Waals surface area contributed by atoms with Crippen LogP contribution >= 0.6 is 0 Å². The molecule has 0 aliphatic carbocycles. The van der Waals surface area contributed by atoms with Crippen LogP contribution in [0.15, 0.2) is 53.3 Å². The summed E-state index contributed by atoms with van der Waals surface area (Å²) in [5.74, 6) is 1.44. The molecule has 2 heterocycles. The summed E-state index contributed by atoms with van der Waals surface area (Å²) >= 11 is 0. The van der Waals surface area contributed by atoms with Crippen molar-refractivity contribution >= 4 is 5.91 Å². The molecule has 0 saturated carbocycles. The average Bonchev–Trinajstić information content (AvgIpc) is 3.15. The molecule has 0 radical (unpaired) electrons. The van der Waals surface area contributed by atoms with Crippen LogP contribution < -0.4 is 14.8 Å². The third-order valence-electron chi connectivity index (χ3n) is 4.26. The van der Waals surface area contributed by atoms with Crippen molar-refractivity contribution in [3.63, 3.8) is 0 Å². The number of carbonyl (C=O) groups excluding carboxylic acids is 1. The summed E-state index contributed by atoms with van der Waals surface area (Å²) in [5.41, 5.74) is 3.29. The Morgan fingerprint density at radius 2 is 1.96 bits per heavy atom. The van der Waals surface area contributed by atoms with Crippen molar-refractivity contribution in [2.24, 2.45) is 0 Å². The van der Waals surface area contributed by atoms with Gasteiger partial charge in [0.25, 0.3) is 5.91 Å². The number of rotatable bonds is 7. The average molecular weight is 366 g/mol. The molecular weight excluding hydrogens is 344 g/mol. The van der Waals surface area contributed by atoms with Crippen molar-refractivity contribution < 1.29 is 18.7 Å².